The lowest BCUT2D eigenvalue weighted by Gasteiger charge is -2.13. The minimum Gasteiger partial charge on any atom is -0.489 e. The Labute approximate surface area is 76.3 Å². The van der Waals surface area contributed by atoms with Crippen molar-refractivity contribution >= 4 is 0 Å². The minimum absolute atomic E-state index is 0.200. The van der Waals surface area contributed by atoms with Crippen molar-refractivity contribution in [2.45, 2.75) is 25.7 Å². The van der Waals surface area contributed by atoms with Gasteiger partial charge in [0.05, 0.1) is 12.7 Å². The molecule has 0 aromatic carbocycles. The van der Waals surface area contributed by atoms with Gasteiger partial charge in [-0.3, -0.25) is 0 Å². The normalized spacial score (nSPS) is 14.4. The van der Waals surface area contributed by atoms with Crippen LogP contribution >= 0.6 is 0 Å². The van der Waals surface area contributed by atoms with E-state index in [1.807, 2.05) is 0 Å². The van der Waals surface area contributed by atoms with Crippen molar-refractivity contribution in [2.75, 3.05) is 6.61 Å². The van der Waals surface area contributed by atoms with Gasteiger partial charge in [-0.25, -0.2) is 0 Å². The topological polar surface area (TPSA) is 9.23 Å². The van der Waals surface area contributed by atoms with E-state index in [9.17, 15) is 26.3 Å². The average molecular weight is 222 g/mol. The van der Waals surface area contributed by atoms with Crippen molar-refractivity contribution in [3.8, 4) is 0 Å². The Morgan fingerprint density at radius 2 is 1.64 bits per heavy atom. The van der Waals surface area contributed by atoms with Gasteiger partial charge in [-0.05, 0) is 6.42 Å². The van der Waals surface area contributed by atoms with E-state index in [0.29, 0.717) is 0 Å². The van der Waals surface area contributed by atoms with Crippen molar-refractivity contribution in [1.82, 2.24) is 0 Å². The largest absolute Gasteiger partial charge is 0.489 e. The SMILES string of the molecule is CCCOC(=CC(F)(F)F)C(F)(F)F. The lowest BCUT2D eigenvalue weighted by atomic mass is 10.4. The van der Waals surface area contributed by atoms with Crippen LogP contribution < -0.4 is 0 Å². The number of rotatable bonds is 3. The highest BCUT2D eigenvalue weighted by molar-refractivity contribution is 5.04. The van der Waals surface area contributed by atoms with Crippen LogP contribution in [0.2, 0.25) is 0 Å². The standard InChI is InChI=1S/C7H8F6O/c1-2-3-14-5(7(11,12)13)4-6(8,9)10/h4H,2-3H2,1H3. The van der Waals surface area contributed by atoms with Gasteiger partial charge in [0.1, 0.15) is 0 Å². The molecule has 0 aliphatic heterocycles. The van der Waals surface area contributed by atoms with Gasteiger partial charge in [-0.1, -0.05) is 6.92 Å². The van der Waals surface area contributed by atoms with Gasteiger partial charge in [0.2, 0.25) is 5.76 Å². The van der Waals surface area contributed by atoms with Crippen molar-refractivity contribution in [3.05, 3.63) is 11.8 Å². The number of halogens is 6. The minimum atomic E-state index is -5.11. The Kier molecular flexibility index (Phi) is 4.28. The fourth-order valence-corrected chi connectivity index (χ4v) is 0.566. The summed E-state index contributed by atoms with van der Waals surface area (Å²) in [5.74, 6) is -2.01. The molecule has 0 radical (unpaired) electrons. The van der Waals surface area contributed by atoms with Crippen LogP contribution in [0.15, 0.2) is 11.8 Å². The predicted octanol–water partition coefficient (Wildman–Crippen LogP) is 3.42. The second-order valence-electron chi connectivity index (χ2n) is 2.40. The van der Waals surface area contributed by atoms with Gasteiger partial charge in [0, 0.05) is 0 Å². The Morgan fingerprint density at radius 1 is 1.14 bits per heavy atom. The molecule has 7 heteroatoms. The molecular weight excluding hydrogens is 214 g/mol. The van der Waals surface area contributed by atoms with Gasteiger partial charge in [-0.2, -0.15) is 26.3 Å². The van der Waals surface area contributed by atoms with Crippen LogP contribution in [0.3, 0.4) is 0 Å². The van der Waals surface area contributed by atoms with Crippen LogP contribution in [0.4, 0.5) is 26.3 Å². The molecule has 0 spiro atoms. The Bertz CT molecular complexity index is 201. The predicted molar refractivity (Wildman–Crippen MR) is 36.4 cm³/mol. The second kappa shape index (κ2) is 4.56. The van der Waals surface area contributed by atoms with E-state index in [0.717, 1.165) is 0 Å². The summed E-state index contributed by atoms with van der Waals surface area (Å²) >= 11 is 0. The van der Waals surface area contributed by atoms with E-state index < -0.39 is 30.8 Å². The highest BCUT2D eigenvalue weighted by Crippen LogP contribution is 2.30. The van der Waals surface area contributed by atoms with E-state index in [-0.39, 0.29) is 6.42 Å². The molecule has 0 fully saturated rings. The van der Waals surface area contributed by atoms with Crippen LogP contribution in [-0.2, 0) is 4.74 Å². The molecular formula is C7H8F6O. The molecule has 0 saturated carbocycles. The fraction of sp³-hybridized carbons (Fsp3) is 0.714. The average Bonchev–Trinajstić information content (AvgIpc) is 1.93. The van der Waals surface area contributed by atoms with Crippen molar-refractivity contribution < 1.29 is 31.1 Å². The zero-order chi connectivity index (χ0) is 11.4. The first-order chi connectivity index (χ1) is 6.17. The third-order valence-corrected chi connectivity index (χ3v) is 1.04. The third kappa shape index (κ3) is 5.71. The van der Waals surface area contributed by atoms with Gasteiger partial charge >= 0.3 is 12.4 Å². The maximum absolute atomic E-state index is 11.9. The molecule has 0 aromatic heterocycles. The number of ether oxygens (including phenoxy) is 1. The molecule has 0 rings (SSSR count). The Hall–Kier alpha value is -0.880. The van der Waals surface area contributed by atoms with Gasteiger partial charge < -0.3 is 4.74 Å². The summed E-state index contributed by atoms with van der Waals surface area (Å²) in [6.07, 6.45) is -10.8. The van der Waals surface area contributed by atoms with Crippen LogP contribution in [0, 0.1) is 0 Å². The Morgan fingerprint density at radius 3 is 1.93 bits per heavy atom. The first kappa shape index (κ1) is 13.1. The fourth-order valence-electron chi connectivity index (χ4n) is 0.566. The molecule has 0 saturated heterocycles. The quantitative estimate of drug-likeness (QED) is 0.525. The van der Waals surface area contributed by atoms with Crippen LogP contribution in [0.25, 0.3) is 0 Å². The lowest BCUT2D eigenvalue weighted by Crippen LogP contribution is -2.19. The van der Waals surface area contributed by atoms with Gasteiger partial charge in [0.15, 0.2) is 0 Å². The molecule has 0 heterocycles. The third-order valence-electron chi connectivity index (χ3n) is 1.04. The smallest absolute Gasteiger partial charge is 0.448 e. The zero-order valence-electron chi connectivity index (χ0n) is 7.17. The van der Waals surface area contributed by atoms with E-state index in [1.165, 1.54) is 6.92 Å². The molecule has 0 bridgehead atoms. The summed E-state index contributed by atoms with van der Waals surface area (Å²) < 4.78 is 74.4. The number of hydrogen-bond acceptors (Lipinski definition) is 1. The molecule has 1 nitrogen and oxygen atoms in total. The maximum Gasteiger partial charge on any atom is 0.448 e. The number of hydrogen-bond donors (Lipinski definition) is 0. The second-order valence-corrected chi connectivity index (χ2v) is 2.40. The molecule has 0 aliphatic rings. The number of alkyl halides is 6. The highest BCUT2D eigenvalue weighted by atomic mass is 19.4. The molecule has 0 aromatic rings. The molecule has 0 N–H and O–H groups in total. The molecule has 0 unspecified atom stereocenters. The summed E-state index contributed by atoms with van der Waals surface area (Å²) in [5, 5.41) is 0. The lowest BCUT2D eigenvalue weighted by molar-refractivity contribution is -0.141. The van der Waals surface area contributed by atoms with E-state index >= 15 is 0 Å². The van der Waals surface area contributed by atoms with E-state index in [1.54, 1.807) is 0 Å². The van der Waals surface area contributed by atoms with Crippen molar-refractivity contribution in [2.24, 2.45) is 0 Å². The summed E-state index contributed by atoms with van der Waals surface area (Å²) in [7, 11) is 0. The van der Waals surface area contributed by atoms with Crippen molar-refractivity contribution in [3.63, 3.8) is 0 Å². The highest BCUT2D eigenvalue weighted by Gasteiger charge is 2.40. The summed E-state index contributed by atoms with van der Waals surface area (Å²) in [5.41, 5.74) is 0. The van der Waals surface area contributed by atoms with Crippen LogP contribution in [-0.4, -0.2) is 19.0 Å². The molecule has 0 amide bonds. The van der Waals surface area contributed by atoms with Crippen LogP contribution in [0.5, 0.6) is 0 Å². The summed E-state index contributed by atoms with van der Waals surface area (Å²) in [6, 6.07) is 0. The zero-order valence-corrected chi connectivity index (χ0v) is 7.17. The van der Waals surface area contributed by atoms with Crippen LogP contribution in [0.1, 0.15) is 13.3 Å². The van der Waals surface area contributed by atoms with Gasteiger partial charge in [0.25, 0.3) is 0 Å². The molecule has 84 valence electrons. The first-order valence-corrected chi connectivity index (χ1v) is 3.66. The molecule has 0 aliphatic carbocycles. The van der Waals surface area contributed by atoms with E-state index in [4.69, 9.17) is 0 Å². The molecule has 14 heavy (non-hydrogen) atoms. The number of allylic oxidation sites excluding steroid dienone is 2. The van der Waals surface area contributed by atoms with Gasteiger partial charge in [-0.15, -0.1) is 0 Å². The summed E-state index contributed by atoms with van der Waals surface area (Å²) in [6.45, 7) is 1.09. The summed E-state index contributed by atoms with van der Waals surface area (Å²) in [4.78, 5) is 0. The van der Waals surface area contributed by atoms with E-state index in [2.05, 4.69) is 4.74 Å². The van der Waals surface area contributed by atoms with Crippen molar-refractivity contribution in [1.29, 1.82) is 0 Å². The maximum atomic E-state index is 11.9. The Balaban J connectivity index is 4.65. The molecule has 0 atom stereocenters. The monoisotopic (exact) mass is 222 g/mol. The first-order valence-electron chi connectivity index (χ1n) is 3.66.